The van der Waals surface area contributed by atoms with E-state index >= 15 is 0 Å². The third-order valence-corrected chi connectivity index (χ3v) is 3.52. The van der Waals surface area contributed by atoms with Crippen LogP contribution in [-0.2, 0) is 0 Å². The van der Waals surface area contributed by atoms with Gasteiger partial charge in [-0.2, -0.15) is 0 Å². The van der Waals surface area contributed by atoms with Gasteiger partial charge in [0.25, 0.3) is 11.5 Å². The van der Waals surface area contributed by atoms with Crippen LogP contribution < -0.4 is 10.9 Å². The van der Waals surface area contributed by atoms with Crippen LogP contribution in [0.2, 0.25) is 0 Å². The maximum Gasteiger partial charge on any atom is 0.287 e. The lowest BCUT2D eigenvalue weighted by molar-refractivity contribution is 0.0905. The Morgan fingerprint density at radius 2 is 1.83 bits per heavy atom. The molecule has 1 amide bonds. The number of aromatic amines is 1. The Bertz CT molecular complexity index is 890. The number of nitrogens with zero attached hydrogens (tertiary/aromatic N) is 1. The van der Waals surface area contributed by atoms with Crippen LogP contribution in [0.4, 0.5) is 0 Å². The van der Waals surface area contributed by atoms with Crippen LogP contribution in [0.1, 0.15) is 22.2 Å². The number of aliphatic hydroxyl groups excluding tert-OH is 1. The van der Waals surface area contributed by atoms with E-state index in [9.17, 15) is 14.7 Å². The van der Waals surface area contributed by atoms with E-state index in [0.29, 0.717) is 10.9 Å². The molecule has 1 heterocycles. The highest BCUT2D eigenvalue weighted by atomic mass is 16.3. The first-order chi connectivity index (χ1) is 11.2. The molecule has 3 N–H and O–H groups in total. The van der Waals surface area contributed by atoms with Gasteiger partial charge in [0.2, 0.25) is 0 Å². The molecule has 2 aromatic carbocycles. The molecule has 0 fully saturated rings. The normalized spacial score (nSPS) is 12.0. The van der Waals surface area contributed by atoms with Gasteiger partial charge in [-0.25, -0.2) is 4.98 Å². The van der Waals surface area contributed by atoms with Gasteiger partial charge >= 0.3 is 0 Å². The molecule has 6 heteroatoms. The van der Waals surface area contributed by atoms with E-state index in [1.807, 2.05) is 18.2 Å². The lowest BCUT2D eigenvalue weighted by Gasteiger charge is -2.16. The summed E-state index contributed by atoms with van der Waals surface area (Å²) in [6.45, 7) is -0.256. The van der Waals surface area contributed by atoms with Gasteiger partial charge < -0.3 is 15.4 Å². The molecule has 0 saturated heterocycles. The highest BCUT2D eigenvalue weighted by Crippen LogP contribution is 2.12. The molecule has 1 atom stereocenters. The average Bonchev–Trinajstić information content (AvgIpc) is 2.60. The van der Waals surface area contributed by atoms with Crippen LogP contribution in [0.3, 0.4) is 0 Å². The molecular formula is C17H15N3O3. The third-order valence-electron chi connectivity index (χ3n) is 3.52. The maximum absolute atomic E-state index is 12.3. The van der Waals surface area contributed by atoms with Crippen LogP contribution in [0, 0.1) is 0 Å². The number of carbonyl (C=O) groups excluding carboxylic acids is 1. The minimum atomic E-state index is -0.569. The monoisotopic (exact) mass is 309 g/mol. The van der Waals surface area contributed by atoms with Gasteiger partial charge in [-0.3, -0.25) is 9.59 Å². The largest absolute Gasteiger partial charge is 0.394 e. The highest BCUT2D eigenvalue weighted by molar-refractivity contribution is 5.92. The van der Waals surface area contributed by atoms with Crippen molar-refractivity contribution in [1.82, 2.24) is 15.3 Å². The van der Waals surface area contributed by atoms with Crippen LogP contribution in [0.25, 0.3) is 10.9 Å². The zero-order valence-corrected chi connectivity index (χ0v) is 12.2. The van der Waals surface area contributed by atoms with E-state index in [-0.39, 0.29) is 18.0 Å². The number of fused-ring (bicyclic) bond motifs is 1. The molecule has 23 heavy (non-hydrogen) atoms. The summed E-state index contributed by atoms with van der Waals surface area (Å²) >= 11 is 0. The molecule has 0 aliphatic heterocycles. The molecule has 6 nitrogen and oxygen atoms in total. The molecular weight excluding hydrogens is 294 g/mol. The average molecular weight is 309 g/mol. The number of benzene rings is 2. The van der Waals surface area contributed by atoms with Crippen molar-refractivity contribution in [2.24, 2.45) is 0 Å². The molecule has 0 saturated carbocycles. The van der Waals surface area contributed by atoms with Gasteiger partial charge in [0.15, 0.2) is 5.82 Å². The van der Waals surface area contributed by atoms with E-state index < -0.39 is 11.9 Å². The Balaban J connectivity index is 1.90. The second-order valence-electron chi connectivity index (χ2n) is 5.05. The van der Waals surface area contributed by atoms with Crippen molar-refractivity contribution in [3.63, 3.8) is 0 Å². The zero-order valence-electron chi connectivity index (χ0n) is 12.2. The maximum atomic E-state index is 12.3. The van der Waals surface area contributed by atoms with Gasteiger partial charge in [0.05, 0.1) is 23.6 Å². The Morgan fingerprint density at radius 3 is 2.57 bits per heavy atom. The summed E-state index contributed by atoms with van der Waals surface area (Å²) in [5, 5.41) is 12.6. The standard InChI is InChI=1S/C17H15N3O3/c21-10-14(11-6-2-1-3-7-11)19-17(23)15-18-13-9-5-4-8-12(13)16(22)20-15/h1-9,14,21H,10H2,(H,19,23)(H,18,20,22)/t14-/m1/s1. The number of hydrogen-bond acceptors (Lipinski definition) is 4. The molecule has 116 valence electrons. The Morgan fingerprint density at radius 1 is 1.13 bits per heavy atom. The second kappa shape index (κ2) is 6.41. The van der Waals surface area contributed by atoms with Crippen molar-refractivity contribution in [2.75, 3.05) is 6.61 Å². The van der Waals surface area contributed by atoms with Crippen molar-refractivity contribution in [1.29, 1.82) is 0 Å². The smallest absolute Gasteiger partial charge is 0.287 e. The van der Waals surface area contributed by atoms with E-state index in [0.717, 1.165) is 5.56 Å². The van der Waals surface area contributed by atoms with Gasteiger partial charge in [-0.05, 0) is 17.7 Å². The molecule has 3 rings (SSSR count). The van der Waals surface area contributed by atoms with Crippen molar-refractivity contribution in [3.8, 4) is 0 Å². The Kier molecular flexibility index (Phi) is 4.16. The fourth-order valence-electron chi connectivity index (χ4n) is 2.34. The summed E-state index contributed by atoms with van der Waals surface area (Å²) in [5.41, 5.74) is 0.842. The third kappa shape index (κ3) is 3.12. The lowest BCUT2D eigenvalue weighted by Crippen LogP contribution is -2.33. The van der Waals surface area contributed by atoms with Gasteiger partial charge in [0.1, 0.15) is 0 Å². The summed E-state index contributed by atoms with van der Waals surface area (Å²) in [7, 11) is 0. The van der Waals surface area contributed by atoms with Crippen molar-refractivity contribution in [2.45, 2.75) is 6.04 Å². The first-order valence-electron chi connectivity index (χ1n) is 7.15. The lowest BCUT2D eigenvalue weighted by atomic mass is 10.1. The topological polar surface area (TPSA) is 95.1 Å². The van der Waals surface area contributed by atoms with Crippen LogP contribution in [0.15, 0.2) is 59.4 Å². The SMILES string of the molecule is O=C(N[C@H](CO)c1ccccc1)c1nc2ccccc2c(=O)[nH]1. The van der Waals surface area contributed by atoms with Crippen LogP contribution >= 0.6 is 0 Å². The second-order valence-corrected chi connectivity index (χ2v) is 5.05. The number of aromatic nitrogens is 2. The quantitative estimate of drug-likeness (QED) is 0.678. The van der Waals surface area contributed by atoms with Crippen LogP contribution in [-0.4, -0.2) is 27.6 Å². The number of H-pyrrole nitrogens is 1. The molecule has 0 unspecified atom stereocenters. The van der Waals surface area contributed by atoms with E-state index in [4.69, 9.17) is 0 Å². The van der Waals surface area contributed by atoms with Crippen molar-refractivity contribution >= 4 is 16.8 Å². The van der Waals surface area contributed by atoms with Crippen LogP contribution in [0.5, 0.6) is 0 Å². The number of aliphatic hydroxyl groups is 1. The first-order valence-corrected chi connectivity index (χ1v) is 7.15. The fraction of sp³-hybridized carbons (Fsp3) is 0.118. The summed E-state index contributed by atoms with van der Waals surface area (Å²) in [6.07, 6.45) is 0. The summed E-state index contributed by atoms with van der Waals surface area (Å²) in [6, 6.07) is 15.3. The van der Waals surface area contributed by atoms with Gasteiger partial charge in [0, 0.05) is 0 Å². The molecule has 0 bridgehead atoms. The van der Waals surface area contributed by atoms with E-state index in [2.05, 4.69) is 15.3 Å². The fourth-order valence-corrected chi connectivity index (χ4v) is 2.34. The predicted octanol–water partition coefficient (Wildman–Crippen LogP) is 1.39. The molecule has 0 aliphatic carbocycles. The molecule has 0 aliphatic rings. The van der Waals surface area contributed by atoms with Crippen molar-refractivity contribution in [3.05, 3.63) is 76.3 Å². The summed E-state index contributed by atoms with van der Waals surface area (Å²) in [4.78, 5) is 31.0. The summed E-state index contributed by atoms with van der Waals surface area (Å²) in [5.74, 6) is -0.626. The Labute approximate surface area is 131 Å². The molecule has 1 aromatic heterocycles. The highest BCUT2D eigenvalue weighted by Gasteiger charge is 2.17. The number of hydrogen-bond donors (Lipinski definition) is 3. The molecule has 0 radical (unpaired) electrons. The Hall–Kier alpha value is -2.99. The molecule has 0 spiro atoms. The number of carbonyl (C=O) groups is 1. The van der Waals surface area contributed by atoms with E-state index in [1.54, 1.807) is 36.4 Å². The number of amides is 1. The number of para-hydroxylation sites is 1. The first kappa shape index (κ1) is 14.9. The molecule has 3 aromatic rings. The summed E-state index contributed by atoms with van der Waals surface area (Å²) < 4.78 is 0. The van der Waals surface area contributed by atoms with Gasteiger partial charge in [-0.15, -0.1) is 0 Å². The minimum absolute atomic E-state index is 0.0805. The van der Waals surface area contributed by atoms with E-state index in [1.165, 1.54) is 0 Å². The van der Waals surface area contributed by atoms with Gasteiger partial charge in [-0.1, -0.05) is 42.5 Å². The predicted molar refractivity (Wildman–Crippen MR) is 86.1 cm³/mol. The number of rotatable bonds is 4. The zero-order chi connectivity index (χ0) is 16.2. The minimum Gasteiger partial charge on any atom is -0.394 e. The van der Waals surface area contributed by atoms with Crippen molar-refractivity contribution < 1.29 is 9.90 Å². The number of nitrogens with one attached hydrogen (secondary N) is 2.